The van der Waals surface area contributed by atoms with Gasteiger partial charge in [0, 0.05) is 15.9 Å². The number of amides is 1. The van der Waals surface area contributed by atoms with Crippen LogP contribution in [0.15, 0.2) is 57.9 Å². The number of hydrogen-bond acceptors (Lipinski definition) is 2. The molecule has 1 amide bonds. The molecule has 4 heteroatoms. The first-order valence-electron chi connectivity index (χ1n) is 6.89. The van der Waals surface area contributed by atoms with Crippen molar-refractivity contribution in [3.8, 4) is 0 Å². The van der Waals surface area contributed by atoms with Crippen molar-refractivity contribution < 1.29 is 4.79 Å². The zero-order valence-corrected chi connectivity index (χ0v) is 14.3. The molecule has 1 unspecified atom stereocenters. The number of hydrogen-bond donors (Lipinski definition) is 2. The molecule has 0 bridgehead atoms. The van der Waals surface area contributed by atoms with Crippen LogP contribution in [0.1, 0.15) is 35.2 Å². The molecule has 0 fully saturated rings. The Bertz CT molecular complexity index is 615. The summed E-state index contributed by atoms with van der Waals surface area (Å²) in [6.45, 7) is 2.82. The average Bonchev–Trinajstić information content (AvgIpc) is 2.50. The summed E-state index contributed by atoms with van der Waals surface area (Å²) < 4.78 is 0.786. The Kier molecular flexibility index (Phi) is 5.88. The van der Waals surface area contributed by atoms with E-state index in [0.29, 0.717) is 18.0 Å². The number of halogens is 1. The van der Waals surface area contributed by atoms with Crippen molar-refractivity contribution in [1.29, 1.82) is 0 Å². The fourth-order valence-corrected chi connectivity index (χ4v) is 2.76. The fraction of sp³-hybridized carbons (Fsp3) is 0.235. The molecule has 0 aliphatic carbocycles. The predicted octanol–water partition coefficient (Wildman–Crippen LogP) is 4.66. The molecule has 1 atom stereocenters. The molecule has 0 saturated carbocycles. The molecule has 110 valence electrons. The molecule has 1 N–H and O–H groups in total. The highest BCUT2D eigenvalue weighted by Gasteiger charge is 2.11. The Morgan fingerprint density at radius 2 is 1.95 bits per heavy atom. The van der Waals surface area contributed by atoms with Gasteiger partial charge in [0.1, 0.15) is 0 Å². The van der Waals surface area contributed by atoms with Gasteiger partial charge in [0.05, 0.1) is 5.56 Å². The maximum atomic E-state index is 12.2. The molecule has 0 radical (unpaired) electrons. The van der Waals surface area contributed by atoms with Crippen molar-refractivity contribution in [3.63, 3.8) is 0 Å². The van der Waals surface area contributed by atoms with Gasteiger partial charge in [0.15, 0.2) is 0 Å². The number of carbonyl (C=O) groups excluding carboxylic acids is 1. The minimum absolute atomic E-state index is 0.0713. The maximum absolute atomic E-state index is 12.2. The third-order valence-corrected chi connectivity index (χ3v) is 4.40. The van der Waals surface area contributed by atoms with Gasteiger partial charge in [-0.05, 0) is 52.0 Å². The topological polar surface area (TPSA) is 29.1 Å². The quantitative estimate of drug-likeness (QED) is 0.743. The van der Waals surface area contributed by atoms with Crippen molar-refractivity contribution in [3.05, 3.63) is 64.1 Å². The van der Waals surface area contributed by atoms with Gasteiger partial charge in [0.2, 0.25) is 0 Å². The Hall–Kier alpha value is -1.26. The lowest BCUT2D eigenvalue weighted by Gasteiger charge is -2.13. The Balaban J connectivity index is 1.88. The first kappa shape index (κ1) is 16.1. The van der Waals surface area contributed by atoms with E-state index >= 15 is 0 Å². The van der Waals surface area contributed by atoms with Gasteiger partial charge in [-0.1, -0.05) is 37.3 Å². The number of rotatable bonds is 5. The molecule has 21 heavy (non-hydrogen) atoms. The second-order valence-electron chi connectivity index (χ2n) is 5.02. The molecule has 0 spiro atoms. The Morgan fingerprint density at radius 1 is 1.24 bits per heavy atom. The molecule has 0 aliphatic heterocycles. The van der Waals surface area contributed by atoms with Crippen molar-refractivity contribution >= 4 is 34.5 Å². The smallest absolute Gasteiger partial charge is 0.252 e. The molecule has 2 aromatic carbocycles. The van der Waals surface area contributed by atoms with E-state index < -0.39 is 0 Å². The molecule has 0 saturated heterocycles. The van der Waals surface area contributed by atoms with Gasteiger partial charge in [0.25, 0.3) is 5.91 Å². The summed E-state index contributed by atoms with van der Waals surface area (Å²) in [4.78, 5) is 12.9. The van der Waals surface area contributed by atoms with Gasteiger partial charge in [-0.25, -0.2) is 0 Å². The van der Waals surface area contributed by atoms with Crippen LogP contribution in [-0.4, -0.2) is 12.5 Å². The molecular formula is C17H18BrNOS. The van der Waals surface area contributed by atoms with Crippen LogP contribution in [0.3, 0.4) is 0 Å². The van der Waals surface area contributed by atoms with Crippen LogP contribution in [0, 0.1) is 0 Å². The van der Waals surface area contributed by atoms with E-state index in [1.54, 1.807) is 6.07 Å². The second kappa shape index (κ2) is 7.66. The monoisotopic (exact) mass is 363 g/mol. The normalized spacial score (nSPS) is 12.0. The van der Waals surface area contributed by atoms with Crippen LogP contribution in [0.4, 0.5) is 0 Å². The second-order valence-corrected chi connectivity index (χ2v) is 6.39. The van der Waals surface area contributed by atoms with Gasteiger partial charge >= 0.3 is 0 Å². The van der Waals surface area contributed by atoms with Crippen LogP contribution >= 0.6 is 28.6 Å². The third-order valence-electron chi connectivity index (χ3n) is 3.43. The minimum atomic E-state index is -0.0713. The van der Waals surface area contributed by atoms with E-state index in [2.05, 4.69) is 52.9 Å². The summed E-state index contributed by atoms with van der Waals surface area (Å²) in [6, 6.07) is 15.8. The van der Waals surface area contributed by atoms with Crippen molar-refractivity contribution in [2.24, 2.45) is 0 Å². The van der Waals surface area contributed by atoms with Crippen molar-refractivity contribution in [1.82, 2.24) is 5.32 Å². The van der Waals surface area contributed by atoms with E-state index in [1.165, 1.54) is 5.56 Å². The maximum Gasteiger partial charge on any atom is 0.252 e. The summed E-state index contributed by atoms with van der Waals surface area (Å²) >= 11 is 7.66. The predicted molar refractivity (Wildman–Crippen MR) is 93.2 cm³/mol. The highest BCUT2D eigenvalue weighted by atomic mass is 79.9. The first-order valence-corrected chi connectivity index (χ1v) is 8.13. The van der Waals surface area contributed by atoms with Gasteiger partial charge in [-0.15, -0.1) is 12.6 Å². The van der Waals surface area contributed by atoms with Crippen LogP contribution in [0.25, 0.3) is 0 Å². The van der Waals surface area contributed by atoms with E-state index in [4.69, 9.17) is 0 Å². The number of benzene rings is 2. The average molecular weight is 364 g/mol. The summed E-state index contributed by atoms with van der Waals surface area (Å²) in [6.07, 6.45) is 0.911. The van der Waals surface area contributed by atoms with Gasteiger partial charge in [-0.3, -0.25) is 4.79 Å². The van der Waals surface area contributed by atoms with E-state index in [0.717, 1.165) is 15.8 Å². The van der Waals surface area contributed by atoms with E-state index in [9.17, 15) is 4.79 Å². The van der Waals surface area contributed by atoms with E-state index in [1.807, 2.05) is 30.3 Å². The number of nitrogens with one attached hydrogen (secondary N) is 1. The molecular weight excluding hydrogens is 346 g/mol. The van der Waals surface area contributed by atoms with Crippen LogP contribution in [0.5, 0.6) is 0 Å². The molecule has 0 heterocycles. The van der Waals surface area contributed by atoms with Crippen LogP contribution in [0.2, 0.25) is 0 Å². The lowest BCUT2D eigenvalue weighted by atomic mass is 9.98. The highest BCUT2D eigenvalue weighted by molar-refractivity contribution is 9.10. The number of thiol groups is 1. The summed E-state index contributed by atoms with van der Waals surface area (Å²) in [5.74, 6) is 0.351. The summed E-state index contributed by atoms with van der Waals surface area (Å²) in [5, 5.41) is 2.96. The number of carbonyl (C=O) groups is 1. The lowest BCUT2D eigenvalue weighted by molar-refractivity contribution is 0.0951. The van der Waals surface area contributed by atoms with Gasteiger partial charge in [-0.2, -0.15) is 0 Å². The largest absolute Gasteiger partial charge is 0.352 e. The SMILES string of the molecule is CC(CCNC(=O)c1cc(S)ccc1Br)c1ccccc1. The zero-order valence-electron chi connectivity index (χ0n) is 11.8. The third kappa shape index (κ3) is 4.61. The standard InChI is InChI=1S/C17H18BrNOS/c1-12(13-5-3-2-4-6-13)9-10-19-17(20)15-11-14(21)7-8-16(15)18/h2-8,11-12,21H,9-10H2,1H3,(H,19,20). The highest BCUT2D eigenvalue weighted by Crippen LogP contribution is 2.21. The Labute approximate surface area is 139 Å². The molecule has 2 nitrogen and oxygen atoms in total. The molecule has 2 aromatic rings. The van der Waals surface area contributed by atoms with Crippen LogP contribution < -0.4 is 5.32 Å². The summed E-state index contributed by atoms with van der Waals surface area (Å²) in [5.41, 5.74) is 1.92. The van der Waals surface area contributed by atoms with E-state index in [-0.39, 0.29) is 5.91 Å². The van der Waals surface area contributed by atoms with Crippen molar-refractivity contribution in [2.75, 3.05) is 6.54 Å². The first-order chi connectivity index (χ1) is 10.1. The van der Waals surface area contributed by atoms with Crippen molar-refractivity contribution in [2.45, 2.75) is 24.2 Å². The minimum Gasteiger partial charge on any atom is -0.352 e. The van der Waals surface area contributed by atoms with Gasteiger partial charge < -0.3 is 5.32 Å². The Morgan fingerprint density at radius 3 is 2.67 bits per heavy atom. The lowest BCUT2D eigenvalue weighted by Crippen LogP contribution is -2.25. The molecule has 2 rings (SSSR count). The molecule has 0 aliphatic rings. The zero-order chi connectivity index (χ0) is 15.2. The van der Waals surface area contributed by atoms with Crippen LogP contribution in [-0.2, 0) is 0 Å². The molecule has 0 aromatic heterocycles. The fourth-order valence-electron chi connectivity index (χ4n) is 2.13. The summed E-state index contributed by atoms with van der Waals surface area (Å²) in [7, 11) is 0.